The summed E-state index contributed by atoms with van der Waals surface area (Å²) in [6.07, 6.45) is 1.58. The lowest BCUT2D eigenvalue weighted by atomic mass is 10.0. The highest BCUT2D eigenvalue weighted by Crippen LogP contribution is 2.22. The van der Waals surface area contributed by atoms with Crippen LogP contribution in [0.15, 0.2) is 29.3 Å². The maximum atomic E-state index is 12.6. The molecule has 1 atom stereocenters. The minimum Gasteiger partial charge on any atom is -0.271 e. The first-order chi connectivity index (χ1) is 10.2. The van der Waals surface area contributed by atoms with E-state index in [1.165, 1.54) is 0 Å². The minimum atomic E-state index is -3.59. The molecule has 0 aliphatic rings. The second-order valence-corrected chi connectivity index (χ2v) is 7.32. The van der Waals surface area contributed by atoms with Gasteiger partial charge in [-0.25, -0.2) is 13.1 Å². The number of benzene rings is 1. The maximum Gasteiger partial charge on any atom is 0.244 e. The third-order valence-electron chi connectivity index (χ3n) is 3.75. The monoisotopic (exact) mass is 321 g/mol. The van der Waals surface area contributed by atoms with E-state index >= 15 is 0 Å². The lowest BCUT2D eigenvalue weighted by Gasteiger charge is -2.17. The van der Waals surface area contributed by atoms with E-state index in [4.69, 9.17) is 0 Å². The van der Waals surface area contributed by atoms with Crippen LogP contribution in [0.25, 0.3) is 0 Å². The Hall–Kier alpha value is -1.66. The average Bonchev–Trinajstić information content (AvgIpc) is 2.83. The Morgan fingerprint density at radius 3 is 2.55 bits per heavy atom. The van der Waals surface area contributed by atoms with Crippen LogP contribution >= 0.6 is 0 Å². The summed E-state index contributed by atoms with van der Waals surface area (Å²) in [5, 5.41) is 4.20. The highest BCUT2D eigenvalue weighted by atomic mass is 32.2. The smallest absolute Gasteiger partial charge is 0.244 e. The summed E-state index contributed by atoms with van der Waals surface area (Å²) >= 11 is 0. The number of nitrogens with zero attached hydrogens (tertiary/aromatic N) is 2. The van der Waals surface area contributed by atoms with E-state index in [0.29, 0.717) is 12.2 Å². The van der Waals surface area contributed by atoms with Crippen molar-refractivity contribution in [2.24, 2.45) is 0 Å². The Morgan fingerprint density at radius 2 is 1.95 bits per heavy atom. The average molecular weight is 321 g/mol. The summed E-state index contributed by atoms with van der Waals surface area (Å²) in [6.45, 7) is 10.1. The molecule has 0 saturated carbocycles. The summed E-state index contributed by atoms with van der Waals surface area (Å²) < 4.78 is 29.6. The van der Waals surface area contributed by atoms with E-state index < -0.39 is 10.0 Å². The SMILES string of the molecule is CCn1cc(S(=O)(=O)NC(C)c2cc(C)ccc2C)c(C)n1. The zero-order valence-corrected chi connectivity index (χ0v) is 14.5. The molecule has 0 spiro atoms. The van der Waals surface area contributed by atoms with Gasteiger partial charge in [0, 0.05) is 18.8 Å². The van der Waals surface area contributed by atoms with Crippen molar-refractivity contribution in [1.29, 1.82) is 0 Å². The molecule has 2 rings (SSSR count). The molecule has 120 valence electrons. The Kier molecular flexibility index (Phi) is 4.72. The zero-order chi connectivity index (χ0) is 16.5. The van der Waals surface area contributed by atoms with Gasteiger partial charge in [0.05, 0.1) is 5.69 Å². The van der Waals surface area contributed by atoms with Crippen molar-refractivity contribution in [3.63, 3.8) is 0 Å². The summed E-state index contributed by atoms with van der Waals surface area (Å²) in [5.41, 5.74) is 3.69. The number of nitrogens with one attached hydrogen (secondary N) is 1. The first-order valence-electron chi connectivity index (χ1n) is 7.38. The van der Waals surface area contributed by atoms with Crippen LogP contribution in [0.1, 0.15) is 42.3 Å². The van der Waals surface area contributed by atoms with Gasteiger partial charge in [0.1, 0.15) is 4.90 Å². The normalized spacial score (nSPS) is 13.3. The molecule has 0 aliphatic heterocycles. The van der Waals surface area contributed by atoms with Crippen molar-refractivity contribution < 1.29 is 8.42 Å². The minimum absolute atomic E-state index is 0.242. The number of sulfonamides is 1. The van der Waals surface area contributed by atoms with Crippen LogP contribution in [0.4, 0.5) is 0 Å². The molecule has 0 aliphatic carbocycles. The molecule has 0 fully saturated rings. The molecule has 1 aromatic heterocycles. The molecular formula is C16H23N3O2S. The number of aromatic nitrogens is 2. The Labute approximate surface area is 132 Å². The highest BCUT2D eigenvalue weighted by Gasteiger charge is 2.23. The summed E-state index contributed by atoms with van der Waals surface area (Å²) in [6, 6.07) is 5.75. The van der Waals surface area contributed by atoms with E-state index in [9.17, 15) is 8.42 Å². The highest BCUT2D eigenvalue weighted by molar-refractivity contribution is 7.89. The van der Waals surface area contributed by atoms with E-state index in [1.54, 1.807) is 17.8 Å². The third-order valence-corrected chi connectivity index (χ3v) is 5.39. The van der Waals surface area contributed by atoms with Gasteiger partial charge < -0.3 is 0 Å². The van der Waals surface area contributed by atoms with Gasteiger partial charge in [0.25, 0.3) is 0 Å². The fourth-order valence-corrected chi connectivity index (χ4v) is 3.92. The van der Waals surface area contributed by atoms with Gasteiger partial charge in [-0.05, 0) is 45.7 Å². The Balaban J connectivity index is 2.31. The second kappa shape index (κ2) is 6.22. The predicted molar refractivity (Wildman–Crippen MR) is 87.3 cm³/mol. The first-order valence-corrected chi connectivity index (χ1v) is 8.86. The molecule has 6 heteroatoms. The van der Waals surface area contributed by atoms with Crippen LogP contribution in [0.5, 0.6) is 0 Å². The number of aryl methyl sites for hydroxylation is 4. The van der Waals surface area contributed by atoms with Crippen molar-refractivity contribution in [3.8, 4) is 0 Å². The van der Waals surface area contributed by atoms with Crippen LogP contribution in [0.2, 0.25) is 0 Å². The van der Waals surface area contributed by atoms with Crippen molar-refractivity contribution in [2.75, 3.05) is 0 Å². The van der Waals surface area contributed by atoms with Crippen LogP contribution in [0, 0.1) is 20.8 Å². The molecule has 22 heavy (non-hydrogen) atoms. The molecule has 0 amide bonds. The summed E-state index contributed by atoms with van der Waals surface area (Å²) in [4.78, 5) is 0.242. The predicted octanol–water partition coefficient (Wildman–Crippen LogP) is 2.87. The summed E-state index contributed by atoms with van der Waals surface area (Å²) in [5.74, 6) is 0. The van der Waals surface area contributed by atoms with Crippen molar-refractivity contribution in [2.45, 2.75) is 52.1 Å². The zero-order valence-electron chi connectivity index (χ0n) is 13.7. The fraction of sp³-hybridized carbons (Fsp3) is 0.438. The number of rotatable bonds is 5. The quantitative estimate of drug-likeness (QED) is 0.921. The maximum absolute atomic E-state index is 12.6. The summed E-state index contributed by atoms with van der Waals surface area (Å²) in [7, 11) is -3.59. The standard InChI is InChI=1S/C16H23N3O2S/c1-6-19-10-16(14(5)17-19)22(20,21)18-13(4)15-9-11(2)7-8-12(15)3/h7-10,13,18H,6H2,1-5H3. The molecular weight excluding hydrogens is 298 g/mol. The van der Waals surface area contributed by atoms with E-state index in [2.05, 4.69) is 9.82 Å². The van der Waals surface area contributed by atoms with Gasteiger partial charge in [-0.15, -0.1) is 0 Å². The van der Waals surface area contributed by atoms with E-state index in [-0.39, 0.29) is 10.9 Å². The van der Waals surface area contributed by atoms with Gasteiger partial charge in [-0.2, -0.15) is 5.10 Å². The number of hydrogen-bond acceptors (Lipinski definition) is 3. The van der Waals surface area contributed by atoms with Gasteiger partial charge in [-0.3, -0.25) is 4.68 Å². The van der Waals surface area contributed by atoms with E-state index in [0.717, 1.165) is 16.7 Å². The largest absolute Gasteiger partial charge is 0.271 e. The number of hydrogen-bond donors (Lipinski definition) is 1. The van der Waals surface area contributed by atoms with Crippen LogP contribution < -0.4 is 4.72 Å². The molecule has 0 radical (unpaired) electrons. The van der Waals surface area contributed by atoms with Gasteiger partial charge >= 0.3 is 0 Å². The first kappa shape index (κ1) is 16.7. The molecule has 2 aromatic rings. The van der Waals surface area contributed by atoms with Gasteiger partial charge in [-0.1, -0.05) is 23.8 Å². The Morgan fingerprint density at radius 1 is 1.27 bits per heavy atom. The van der Waals surface area contributed by atoms with Gasteiger partial charge in [0.2, 0.25) is 10.0 Å². The van der Waals surface area contributed by atoms with Crippen molar-refractivity contribution in [3.05, 3.63) is 46.8 Å². The van der Waals surface area contributed by atoms with Gasteiger partial charge in [0.15, 0.2) is 0 Å². The molecule has 1 heterocycles. The van der Waals surface area contributed by atoms with Crippen LogP contribution in [-0.2, 0) is 16.6 Å². The second-order valence-electron chi connectivity index (χ2n) is 5.64. The fourth-order valence-electron chi connectivity index (χ4n) is 2.51. The van der Waals surface area contributed by atoms with Crippen molar-refractivity contribution >= 4 is 10.0 Å². The Bertz CT molecular complexity index is 779. The van der Waals surface area contributed by atoms with E-state index in [1.807, 2.05) is 45.9 Å². The lowest BCUT2D eigenvalue weighted by molar-refractivity contribution is 0.565. The molecule has 0 bridgehead atoms. The lowest BCUT2D eigenvalue weighted by Crippen LogP contribution is -2.27. The van der Waals surface area contributed by atoms with Crippen LogP contribution in [0.3, 0.4) is 0 Å². The molecule has 1 N–H and O–H groups in total. The molecule has 5 nitrogen and oxygen atoms in total. The van der Waals surface area contributed by atoms with Crippen molar-refractivity contribution in [1.82, 2.24) is 14.5 Å². The third kappa shape index (κ3) is 3.39. The molecule has 1 unspecified atom stereocenters. The molecule has 0 saturated heterocycles. The molecule has 1 aromatic carbocycles. The van der Waals surface area contributed by atoms with Crippen LogP contribution in [-0.4, -0.2) is 18.2 Å². The topological polar surface area (TPSA) is 64.0 Å².